The van der Waals surface area contributed by atoms with Crippen LogP contribution in [0.15, 0.2) is 60.8 Å². The van der Waals surface area contributed by atoms with Crippen molar-refractivity contribution in [3.63, 3.8) is 0 Å². The molecule has 0 fully saturated rings. The molecule has 0 aliphatic rings. The Bertz CT molecular complexity index is 1460. The van der Waals surface area contributed by atoms with E-state index in [1.165, 1.54) is 43.6 Å². The molecule has 0 bridgehead atoms. The molecule has 1 heterocycles. The van der Waals surface area contributed by atoms with Crippen molar-refractivity contribution in [1.82, 2.24) is 4.98 Å². The van der Waals surface area contributed by atoms with Gasteiger partial charge in [-0.15, -0.1) is 0 Å². The minimum Gasteiger partial charge on any atom is -0.496 e. The molecule has 3 aromatic carbocycles. The number of para-hydroxylation sites is 1. The van der Waals surface area contributed by atoms with Crippen molar-refractivity contribution < 1.29 is 37.3 Å². The van der Waals surface area contributed by atoms with E-state index >= 15 is 4.39 Å². The summed E-state index contributed by atoms with van der Waals surface area (Å²) in [5.74, 6) is -4.05. The first-order chi connectivity index (χ1) is 17.3. The van der Waals surface area contributed by atoms with Crippen molar-refractivity contribution in [1.29, 1.82) is 0 Å². The molecule has 0 spiro atoms. The van der Waals surface area contributed by atoms with Crippen molar-refractivity contribution >= 4 is 28.6 Å². The number of anilines is 1. The Labute approximate surface area is 203 Å². The van der Waals surface area contributed by atoms with Crippen molar-refractivity contribution in [2.45, 2.75) is 0 Å². The van der Waals surface area contributed by atoms with Gasteiger partial charge in [0.2, 0.25) is 11.6 Å². The molecule has 0 atom stereocenters. The van der Waals surface area contributed by atoms with Crippen molar-refractivity contribution in [3.8, 4) is 28.7 Å². The second-order valence-electron chi connectivity index (χ2n) is 7.25. The third-order valence-corrected chi connectivity index (χ3v) is 5.03. The molecule has 0 aliphatic carbocycles. The standard InChI is InChI=1S/C25H19F2N3O6/c1-33-20-12-17-14(10-15(20)24(28)31)19(8-9-29-17)36-22-16(26)11-18(23(34-2)21(22)27)30-25(32)35-13-6-4-3-5-7-13/h3-12H,1-2H3,(H2,28,31)(H,30,32). The molecular formula is C25H19F2N3O6. The van der Waals surface area contributed by atoms with Gasteiger partial charge in [0.1, 0.15) is 17.2 Å². The maximum atomic E-state index is 15.3. The Balaban J connectivity index is 1.69. The number of carbonyl (C=O) groups excluding carboxylic acids is 2. The van der Waals surface area contributed by atoms with Crippen LogP contribution >= 0.6 is 0 Å². The molecule has 11 heteroatoms. The van der Waals surface area contributed by atoms with Crippen LogP contribution in [0.1, 0.15) is 10.4 Å². The first-order valence-corrected chi connectivity index (χ1v) is 10.4. The fourth-order valence-corrected chi connectivity index (χ4v) is 3.41. The van der Waals surface area contributed by atoms with Gasteiger partial charge in [-0.25, -0.2) is 9.18 Å². The lowest BCUT2D eigenvalue weighted by Gasteiger charge is -2.16. The van der Waals surface area contributed by atoms with Gasteiger partial charge in [0, 0.05) is 23.7 Å². The number of hydrogen-bond acceptors (Lipinski definition) is 7. The Kier molecular flexibility index (Phi) is 6.81. The third-order valence-electron chi connectivity index (χ3n) is 5.03. The molecule has 4 aromatic rings. The van der Waals surface area contributed by atoms with E-state index in [1.54, 1.807) is 18.2 Å². The lowest BCUT2D eigenvalue weighted by molar-refractivity contribution is 0.0997. The van der Waals surface area contributed by atoms with Crippen LogP contribution < -0.4 is 30.0 Å². The fourth-order valence-electron chi connectivity index (χ4n) is 3.41. The van der Waals surface area contributed by atoms with Gasteiger partial charge >= 0.3 is 6.09 Å². The summed E-state index contributed by atoms with van der Waals surface area (Å²) in [7, 11) is 2.50. The number of halogens is 2. The van der Waals surface area contributed by atoms with Gasteiger partial charge in [-0.05, 0) is 24.3 Å². The fraction of sp³-hybridized carbons (Fsp3) is 0.0800. The first-order valence-electron chi connectivity index (χ1n) is 10.4. The van der Waals surface area contributed by atoms with Crippen LogP contribution in [0.5, 0.6) is 28.7 Å². The Hall–Kier alpha value is -4.93. The SMILES string of the molecule is COc1cc2nccc(Oc3c(F)cc(NC(=O)Oc4ccccc4)c(OC)c3F)c2cc1C(N)=O. The van der Waals surface area contributed by atoms with Crippen molar-refractivity contribution in [2.75, 3.05) is 19.5 Å². The van der Waals surface area contributed by atoms with E-state index in [1.807, 2.05) is 0 Å². The molecule has 0 unspecified atom stereocenters. The number of methoxy groups -OCH3 is 2. The number of aromatic nitrogens is 1. The maximum Gasteiger partial charge on any atom is 0.417 e. The van der Waals surface area contributed by atoms with Gasteiger partial charge in [0.25, 0.3) is 5.91 Å². The molecule has 4 rings (SSSR count). The summed E-state index contributed by atoms with van der Waals surface area (Å²) >= 11 is 0. The minimum absolute atomic E-state index is 0.0193. The second-order valence-corrected chi connectivity index (χ2v) is 7.25. The number of nitrogens with one attached hydrogen (secondary N) is 1. The van der Waals surface area contributed by atoms with Gasteiger partial charge < -0.3 is 24.7 Å². The number of fused-ring (bicyclic) bond motifs is 1. The van der Waals surface area contributed by atoms with Crippen molar-refractivity contribution in [3.05, 3.63) is 78.0 Å². The van der Waals surface area contributed by atoms with E-state index < -0.39 is 35.1 Å². The van der Waals surface area contributed by atoms with E-state index in [0.717, 1.165) is 13.2 Å². The van der Waals surface area contributed by atoms with Gasteiger partial charge in [-0.3, -0.25) is 15.1 Å². The highest BCUT2D eigenvalue weighted by Crippen LogP contribution is 2.40. The third kappa shape index (κ3) is 4.80. The predicted molar refractivity (Wildman–Crippen MR) is 126 cm³/mol. The summed E-state index contributed by atoms with van der Waals surface area (Å²) in [5, 5.41) is 2.50. The predicted octanol–water partition coefficient (Wildman–Crippen LogP) is 5.03. The molecule has 36 heavy (non-hydrogen) atoms. The summed E-state index contributed by atoms with van der Waals surface area (Å²) in [6.07, 6.45) is 0.365. The van der Waals surface area contributed by atoms with Crippen LogP contribution in [0.4, 0.5) is 19.3 Å². The number of primary amides is 1. The molecule has 9 nitrogen and oxygen atoms in total. The topological polar surface area (TPSA) is 122 Å². The van der Waals surface area contributed by atoms with E-state index in [-0.39, 0.29) is 33.9 Å². The number of nitrogens with zero attached hydrogens (tertiary/aromatic N) is 1. The average Bonchev–Trinajstić information content (AvgIpc) is 2.86. The number of pyridine rings is 1. The van der Waals surface area contributed by atoms with Crippen LogP contribution in [-0.2, 0) is 0 Å². The Morgan fingerprint density at radius 2 is 1.69 bits per heavy atom. The summed E-state index contributed by atoms with van der Waals surface area (Å²) < 4.78 is 51.1. The molecule has 2 amide bonds. The van der Waals surface area contributed by atoms with Crippen LogP contribution in [0, 0.1) is 11.6 Å². The minimum atomic E-state index is -1.22. The molecule has 0 aliphatic heterocycles. The summed E-state index contributed by atoms with van der Waals surface area (Å²) in [5.41, 5.74) is 5.44. The van der Waals surface area contributed by atoms with E-state index in [2.05, 4.69) is 10.3 Å². The summed E-state index contributed by atoms with van der Waals surface area (Å²) in [6, 6.07) is 13.1. The quantitative estimate of drug-likeness (QED) is 0.369. The Morgan fingerprint density at radius 1 is 0.944 bits per heavy atom. The largest absolute Gasteiger partial charge is 0.496 e. The zero-order valence-electron chi connectivity index (χ0n) is 19.0. The van der Waals surface area contributed by atoms with Gasteiger partial charge in [-0.1, -0.05) is 18.2 Å². The molecule has 0 saturated carbocycles. The lowest BCUT2D eigenvalue weighted by Crippen LogP contribution is -2.18. The second kappa shape index (κ2) is 10.1. The number of nitrogens with two attached hydrogens (primary N) is 1. The van der Waals surface area contributed by atoms with Gasteiger partial charge in [0.15, 0.2) is 11.6 Å². The number of hydrogen-bond donors (Lipinski definition) is 2. The number of benzene rings is 3. The molecular weight excluding hydrogens is 476 g/mol. The van der Waals surface area contributed by atoms with Crippen LogP contribution in [0.2, 0.25) is 0 Å². The summed E-state index contributed by atoms with van der Waals surface area (Å²) in [4.78, 5) is 28.2. The zero-order chi connectivity index (χ0) is 25.8. The monoisotopic (exact) mass is 495 g/mol. The molecule has 0 radical (unpaired) electrons. The number of rotatable bonds is 7. The summed E-state index contributed by atoms with van der Waals surface area (Å²) in [6.45, 7) is 0. The smallest absolute Gasteiger partial charge is 0.417 e. The van der Waals surface area contributed by atoms with Crippen LogP contribution in [0.3, 0.4) is 0 Å². The first kappa shape index (κ1) is 24.2. The maximum absolute atomic E-state index is 15.3. The molecule has 3 N–H and O–H groups in total. The van der Waals surface area contributed by atoms with Crippen LogP contribution in [0.25, 0.3) is 10.9 Å². The number of amides is 2. The molecule has 1 aromatic heterocycles. The van der Waals surface area contributed by atoms with E-state index in [9.17, 15) is 14.0 Å². The normalized spacial score (nSPS) is 10.6. The molecule has 184 valence electrons. The van der Waals surface area contributed by atoms with Gasteiger partial charge in [-0.2, -0.15) is 4.39 Å². The Morgan fingerprint density at radius 3 is 2.36 bits per heavy atom. The highest BCUT2D eigenvalue weighted by Gasteiger charge is 2.24. The number of carbonyl (C=O) groups is 2. The van der Waals surface area contributed by atoms with Crippen LogP contribution in [-0.4, -0.2) is 31.2 Å². The average molecular weight is 495 g/mol. The zero-order valence-corrected chi connectivity index (χ0v) is 19.0. The number of ether oxygens (including phenoxy) is 4. The molecule has 0 saturated heterocycles. The highest BCUT2D eigenvalue weighted by molar-refractivity contribution is 6.01. The van der Waals surface area contributed by atoms with E-state index in [0.29, 0.717) is 5.52 Å². The van der Waals surface area contributed by atoms with Gasteiger partial charge in [0.05, 0.1) is 31.0 Å². The highest BCUT2D eigenvalue weighted by atomic mass is 19.1. The van der Waals surface area contributed by atoms with Crippen molar-refractivity contribution in [2.24, 2.45) is 5.73 Å². The lowest BCUT2D eigenvalue weighted by atomic mass is 10.1. The van der Waals surface area contributed by atoms with E-state index in [4.69, 9.17) is 24.7 Å².